The molecule has 136 valence electrons. The van der Waals surface area contributed by atoms with Gasteiger partial charge in [-0.05, 0) is 30.3 Å². The number of carbonyl (C=O) groups is 1. The second-order valence-electron chi connectivity index (χ2n) is 4.90. The Morgan fingerprint density at radius 3 is 2.65 bits per heavy atom. The number of halogens is 2. The van der Waals surface area contributed by atoms with Crippen molar-refractivity contribution in [1.29, 1.82) is 0 Å². The number of amides is 1. The molecular weight excluding hydrogens is 383 g/mol. The van der Waals surface area contributed by atoms with E-state index in [-0.39, 0.29) is 34.4 Å². The molecule has 0 bridgehead atoms. The Hall–Kier alpha value is -2.60. The molecule has 0 heterocycles. The highest BCUT2D eigenvalue weighted by atomic mass is 35.5. The van der Waals surface area contributed by atoms with Crippen LogP contribution in [0.15, 0.2) is 47.4 Å². The Kier molecular flexibility index (Phi) is 6.58. The summed E-state index contributed by atoms with van der Waals surface area (Å²) < 4.78 is 44.7. The fourth-order valence-corrected chi connectivity index (χ4v) is 3.08. The molecule has 6 nitrogen and oxygen atoms in total. The molecular formula is C17H14ClFN2O4S. The van der Waals surface area contributed by atoms with Crippen LogP contribution in [0.4, 0.5) is 4.39 Å². The number of rotatable bonds is 6. The maximum Gasteiger partial charge on any atom is 0.252 e. The van der Waals surface area contributed by atoms with Crippen molar-refractivity contribution in [3.05, 3.63) is 58.9 Å². The van der Waals surface area contributed by atoms with E-state index in [0.29, 0.717) is 0 Å². The van der Waals surface area contributed by atoms with E-state index >= 15 is 0 Å². The summed E-state index contributed by atoms with van der Waals surface area (Å²) in [5.74, 6) is 4.13. The van der Waals surface area contributed by atoms with Crippen LogP contribution in [0.1, 0.15) is 10.4 Å². The van der Waals surface area contributed by atoms with E-state index in [9.17, 15) is 17.6 Å². The first kappa shape index (κ1) is 19.7. The topological polar surface area (TPSA) is 98.5 Å². The van der Waals surface area contributed by atoms with Gasteiger partial charge < -0.3 is 10.5 Å². The first-order chi connectivity index (χ1) is 12.3. The summed E-state index contributed by atoms with van der Waals surface area (Å²) >= 11 is 5.57. The summed E-state index contributed by atoms with van der Waals surface area (Å²) in [5, 5.41) is -0.291. The molecule has 0 atom stereocenters. The van der Waals surface area contributed by atoms with Gasteiger partial charge in [0.15, 0.2) is 0 Å². The summed E-state index contributed by atoms with van der Waals surface area (Å²) in [6.07, 6.45) is 0. The minimum absolute atomic E-state index is 0.0611. The van der Waals surface area contributed by atoms with Crippen molar-refractivity contribution in [1.82, 2.24) is 4.72 Å². The molecule has 2 aromatic rings. The third-order valence-corrected chi connectivity index (χ3v) is 4.82. The molecule has 0 fully saturated rings. The smallest absolute Gasteiger partial charge is 0.252 e. The van der Waals surface area contributed by atoms with Crippen molar-refractivity contribution in [2.45, 2.75) is 4.90 Å². The number of primary amides is 1. The van der Waals surface area contributed by atoms with Gasteiger partial charge >= 0.3 is 0 Å². The van der Waals surface area contributed by atoms with E-state index in [4.69, 9.17) is 22.1 Å². The van der Waals surface area contributed by atoms with Gasteiger partial charge in [-0.3, -0.25) is 4.79 Å². The lowest BCUT2D eigenvalue weighted by atomic mass is 10.2. The zero-order valence-corrected chi connectivity index (χ0v) is 14.9. The van der Waals surface area contributed by atoms with Gasteiger partial charge in [0.25, 0.3) is 5.91 Å². The molecule has 0 unspecified atom stereocenters. The largest absolute Gasteiger partial charge is 0.480 e. The van der Waals surface area contributed by atoms with Gasteiger partial charge in [0, 0.05) is 0 Å². The van der Waals surface area contributed by atoms with Gasteiger partial charge in [-0.15, -0.1) is 0 Å². The minimum atomic E-state index is -3.86. The maximum absolute atomic E-state index is 13.1. The Labute approximate surface area is 155 Å². The second-order valence-corrected chi connectivity index (χ2v) is 7.08. The molecule has 0 saturated carbocycles. The number of benzene rings is 2. The van der Waals surface area contributed by atoms with Crippen LogP contribution in [0.3, 0.4) is 0 Å². The number of carbonyl (C=O) groups excluding carboxylic acids is 1. The molecule has 0 radical (unpaired) electrons. The molecule has 0 spiro atoms. The monoisotopic (exact) mass is 396 g/mol. The molecule has 2 rings (SSSR count). The zero-order chi connectivity index (χ0) is 19.2. The Bertz CT molecular complexity index is 984. The van der Waals surface area contributed by atoms with Crippen LogP contribution in [0.5, 0.6) is 5.75 Å². The van der Waals surface area contributed by atoms with Crippen LogP contribution in [0.2, 0.25) is 5.02 Å². The number of ether oxygens (including phenoxy) is 1. The van der Waals surface area contributed by atoms with Crippen LogP contribution in [-0.4, -0.2) is 27.5 Å². The number of para-hydroxylation sites is 1. The minimum Gasteiger partial charge on any atom is -0.480 e. The number of sulfonamides is 1. The summed E-state index contributed by atoms with van der Waals surface area (Å²) in [6, 6.07) is 9.49. The molecule has 3 N–H and O–H groups in total. The SMILES string of the molecule is NC(=O)c1ccccc1OCC#CCNS(=O)(=O)c1ccc(F)c(Cl)c1. The van der Waals surface area contributed by atoms with E-state index < -0.39 is 21.7 Å². The third-order valence-electron chi connectivity index (χ3n) is 3.13. The molecule has 9 heteroatoms. The third kappa shape index (κ3) is 5.20. The highest BCUT2D eigenvalue weighted by Crippen LogP contribution is 2.19. The summed E-state index contributed by atoms with van der Waals surface area (Å²) in [7, 11) is -3.86. The van der Waals surface area contributed by atoms with Gasteiger partial charge in [0.1, 0.15) is 18.2 Å². The highest BCUT2D eigenvalue weighted by molar-refractivity contribution is 7.89. The van der Waals surface area contributed by atoms with E-state index in [0.717, 1.165) is 18.2 Å². The van der Waals surface area contributed by atoms with Crippen LogP contribution >= 0.6 is 11.6 Å². The van der Waals surface area contributed by atoms with E-state index in [1.807, 2.05) is 0 Å². The standard InChI is InChI=1S/C17H14ClFN2O4S/c18-14-11-12(7-8-15(14)19)26(23,24)21-9-3-4-10-25-16-6-2-1-5-13(16)17(20)22/h1-2,5-8,11,21H,9-10H2,(H2,20,22). The van der Waals surface area contributed by atoms with Crippen molar-refractivity contribution in [2.75, 3.05) is 13.2 Å². The number of nitrogens with one attached hydrogen (secondary N) is 1. The lowest BCUT2D eigenvalue weighted by Crippen LogP contribution is -2.24. The van der Waals surface area contributed by atoms with Gasteiger partial charge in [-0.25, -0.2) is 12.8 Å². The maximum atomic E-state index is 13.1. The van der Waals surface area contributed by atoms with Crippen molar-refractivity contribution >= 4 is 27.5 Å². The van der Waals surface area contributed by atoms with E-state index in [1.54, 1.807) is 18.2 Å². The summed E-state index contributed by atoms with van der Waals surface area (Å²) in [6.45, 7) is -0.243. The Morgan fingerprint density at radius 2 is 1.96 bits per heavy atom. The first-order valence-electron chi connectivity index (χ1n) is 7.23. The number of hydrogen-bond acceptors (Lipinski definition) is 4. The fraction of sp³-hybridized carbons (Fsp3) is 0.118. The fourth-order valence-electron chi connectivity index (χ4n) is 1.88. The van der Waals surface area contributed by atoms with Crippen molar-refractivity contribution in [2.24, 2.45) is 5.73 Å². The molecule has 2 aromatic carbocycles. The molecule has 1 amide bonds. The predicted octanol–water partition coefficient (Wildman–Crippen LogP) is 1.94. The molecule has 0 aliphatic heterocycles. The second kappa shape index (κ2) is 8.67. The van der Waals surface area contributed by atoms with Crippen molar-refractivity contribution < 1.29 is 22.3 Å². The molecule has 0 saturated heterocycles. The summed E-state index contributed by atoms with van der Waals surface area (Å²) in [5.41, 5.74) is 5.45. The van der Waals surface area contributed by atoms with Gasteiger partial charge in [0.2, 0.25) is 10.0 Å². The van der Waals surface area contributed by atoms with Crippen molar-refractivity contribution in [3.63, 3.8) is 0 Å². The Morgan fingerprint density at radius 1 is 1.23 bits per heavy atom. The Balaban J connectivity index is 1.91. The van der Waals surface area contributed by atoms with Crippen LogP contribution in [-0.2, 0) is 10.0 Å². The van der Waals surface area contributed by atoms with Gasteiger partial charge in [0.05, 0.1) is 22.0 Å². The average Bonchev–Trinajstić information content (AvgIpc) is 2.60. The predicted molar refractivity (Wildman–Crippen MR) is 94.8 cm³/mol. The van der Waals surface area contributed by atoms with Crippen LogP contribution in [0, 0.1) is 17.7 Å². The molecule has 26 heavy (non-hydrogen) atoms. The molecule has 0 aliphatic rings. The van der Waals surface area contributed by atoms with Gasteiger partial charge in [-0.2, -0.15) is 4.72 Å². The number of nitrogens with two attached hydrogens (primary N) is 1. The quantitative estimate of drug-likeness (QED) is 0.729. The normalized spacial score (nSPS) is 10.7. The zero-order valence-electron chi connectivity index (χ0n) is 13.3. The van der Waals surface area contributed by atoms with E-state index in [1.165, 1.54) is 6.07 Å². The van der Waals surface area contributed by atoms with Crippen molar-refractivity contribution in [3.8, 4) is 17.6 Å². The van der Waals surface area contributed by atoms with Gasteiger partial charge in [-0.1, -0.05) is 35.6 Å². The summed E-state index contributed by atoms with van der Waals surface area (Å²) in [4.78, 5) is 11.1. The first-order valence-corrected chi connectivity index (χ1v) is 9.09. The number of hydrogen-bond donors (Lipinski definition) is 2. The average molecular weight is 397 g/mol. The molecule has 0 aromatic heterocycles. The van der Waals surface area contributed by atoms with E-state index in [2.05, 4.69) is 16.6 Å². The van der Waals surface area contributed by atoms with Crippen LogP contribution in [0.25, 0.3) is 0 Å². The van der Waals surface area contributed by atoms with Crippen LogP contribution < -0.4 is 15.2 Å². The highest BCUT2D eigenvalue weighted by Gasteiger charge is 2.14. The lowest BCUT2D eigenvalue weighted by molar-refractivity contribution is 0.0997. The molecule has 0 aliphatic carbocycles. The lowest BCUT2D eigenvalue weighted by Gasteiger charge is -2.06.